The van der Waals surface area contributed by atoms with Gasteiger partial charge < -0.3 is 10.1 Å². The maximum Gasteiger partial charge on any atom is 0.320 e. The Morgan fingerprint density at radius 2 is 1.68 bits per heavy atom. The third kappa shape index (κ3) is 3.84. The van der Waals surface area contributed by atoms with Crippen LogP contribution < -0.4 is 10.1 Å². The zero-order valence-corrected chi connectivity index (χ0v) is 17.1. The maximum atomic E-state index is 5.89. The molecule has 28 heavy (non-hydrogen) atoms. The van der Waals surface area contributed by atoms with E-state index in [-0.39, 0.29) is 0 Å². The molecule has 1 N–H and O–H groups in total. The number of halogens is 1. The van der Waals surface area contributed by atoms with Gasteiger partial charge in [0, 0.05) is 18.7 Å². The second-order valence-electron chi connectivity index (χ2n) is 6.19. The van der Waals surface area contributed by atoms with Gasteiger partial charge in [0.15, 0.2) is 21.7 Å². The Kier molecular flexibility index (Phi) is 5.53. The summed E-state index contributed by atoms with van der Waals surface area (Å²) in [5.41, 5.74) is 3.58. The Labute approximate surface area is 171 Å². The van der Waals surface area contributed by atoms with E-state index in [1.807, 2.05) is 60.0 Å². The fraction of sp³-hybridized carbons (Fsp3) is 0.190. The van der Waals surface area contributed by atoms with Gasteiger partial charge >= 0.3 is 6.01 Å². The van der Waals surface area contributed by atoms with E-state index in [4.69, 9.17) is 4.74 Å². The van der Waals surface area contributed by atoms with E-state index in [2.05, 4.69) is 48.3 Å². The van der Waals surface area contributed by atoms with Crippen molar-refractivity contribution >= 4 is 32.9 Å². The topological polar surface area (TPSA) is 64.9 Å². The van der Waals surface area contributed by atoms with E-state index in [1.54, 1.807) is 0 Å². The minimum absolute atomic E-state index is 0.337. The largest absolute Gasteiger partial charge is 0.463 e. The average molecular weight is 438 g/mol. The number of nitrogens with one attached hydrogen (secondary N) is 1. The van der Waals surface area contributed by atoms with E-state index in [0.29, 0.717) is 34.3 Å². The van der Waals surface area contributed by atoms with Crippen molar-refractivity contribution in [2.45, 2.75) is 13.3 Å². The van der Waals surface area contributed by atoms with Gasteiger partial charge in [-0.05, 0) is 40.5 Å². The Morgan fingerprint density at radius 3 is 2.39 bits per heavy atom. The fourth-order valence-electron chi connectivity index (χ4n) is 2.98. The standard InChI is InChI=1S/C21H20BrN5O/c1-2-23-18-17-19(27(20(22)24-17)16-11-7-4-8-12-16)26-21(25-18)28-14-13-15-9-5-3-6-10-15/h3-12H,2,13-14H2,1H3,(H,23,25,26). The SMILES string of the molecule is CCNc1nc(OCCc2ccccc2)nc2c1nc(Br)n2-c1ccccc1. The molecule has 0 saturated heterocycles. The highest BCUT2D eigenvalue weighted by Gasteiger charge is 2.18. The molecule has 6 nitrogen and oxygen atoms in total. The normalized spacial score (nSPS) is 10.9. The summed E-state index contributed by atoms with van der Waals surface area (Å²) in [7, 11) is 0. The van der Waals surface area contributed by atoms with Crippen LogP contribution >= 0.6 is 15.9 Å². The third-order valence-electron chi connectivity index (χ3n) is 4.27. The number of ether oxygens (including phenoxy) is 1. The van der Waals surface area contributed by atoms with E-state index >= 15 is 0 Å². The zero-order chi connectivity index (χ0) is 19.3. The van der Waals surface area contributed by atoms with Crippen LogP contribution in [0.5, 0.6) is 6.01 Å². The molecule has 0 aliphatic rings. The molecule has 0 unspecified atom stereocenters. The second kappa shape index (κ2) is 8.39. The van der Waals surface area contributed by atoms with E-state index in [1.165, 1.54) is 5.56 Å². The van der Waals surface area contributed by atoms with Gasteiger partial charge in [0.25, 0.3) is 0 Å². The number of rotatable bonds is 7. The van der Waals surface area contributed by atoms with Crippen LogP contribution in [0.1, 0.15) is 12.5 Å². The lowest BCUT2D eigenvalue weighted by atomic mass is 10.2. The first-order chi connectivity index (χ1) is 13.8. The van der Waals surface area contributed by atoms with Crippen molar-refractivity contribution in [2.24, 2.45) is 0 Å². The smallest absolute Gasteiger partial charge is 0.320 e. The Balaban J connectivity index is 1.69. The van der Waals surface area contributed by atoms with Crippen LogP contribution in [0.3, 0.4) is 0 Å². The molecule has 0 fully saturated rings. The Bertz CT molecular complexity index is 1070. The molecule has 7 heteroatoms. The molecule has 2 heterocycles. The summed E-state index contributed by atoms with van der Waals surface area (Å²) < 4.78 is 8.50. The number of anilines is 1. The first kappa shape index (κ1) is 18.4. The molecule has 0 aliphatic heterocycles. The summed E-state index contributed by atoms with van der Waals surface area (Å²) in [6, 6.07) is 20.5. The van der Waals surface area contributed by atoms with Crippen LogP contribution in [0, 0.1) is 0 Å². The molecular formula is C21H20BrN5O. The van der Waals surface area contributed by atoms with Gasteiger partial charge in [-0.25, -0.2) is 4.98 Å². The lowest BCUT2D eigenvalue weighted by molar-refractivity contribution is 0.297. The number of hydrogen-bond donors (Lipinski definition) is 1. The first-order valence-corrected chi connectivity index (χ1v) is 9.97. The number of fused-ring (bicyclic) bond motifs is 1. The number of hydrogen-bond acceptors (Lipinski definition) is 5. The van der Waals surface area contributed by atoms with Crippen molar-refractivity contribution in [3.8, 4) is 11.7 Å². The van der Waals surface area contributed by atoms with Crippen LogP contribution in [-0.4, -0.2) is 32.7 Å². The van der Waals surface area contributed by atoms with Gasteiger partial charge in [0.05, 0.1) is 6.61 Å². The van der Waals surface area contributed by atoms with E-state index in [9.17, 15) is 0 Å². The monoisotopic (exact) mass is 437 g/mol. The molecule has 0 saturated carbocycles. The lowest BCUT2D eigenvalue weighted by Crippen LogP contribution is -2.08. The van der Waals surface area contributed by atoms with Crippen molar-refractivity contribution in [1.29, 1.82) is 0 Å². The molecule has 0 spiro atoms. The van der Waals surface area contributed by atoms with Crippen molar-refractivity contribution in [3.05, 3.63) is 71.0 Å². The van der Waals surface area contributed by atoms with Gasteiger partial charge in [0.2, 0.25) is 0 Å². The minimum atomic E-state index is 0.337. The zero-order valence-electron chi connectivity index (χ0n) is 15.5. The maximum absolute atomic E-state index is 5.89. The predicted molar refractivity (Wildman–Crippen MR) is 114 cm³/mol. The highest BCUT2D eigenvalue weighted by atomic mass is 79.9. The summed E-state index contributed by atoms with van der Waals surface area (Å²) in [6.07, 6.45) is 0.792. The minimum Gasteiger partial charge on any atom is -0.463 e. The molecule has 4 aromatic rings. The van der Waals surface area contributed by atoms with Crippen molar-refractivity contribution in [3.63, 3.8) is 0 Å². The summed E-state index contributed by atoms with van der Waals surface area (Å²) in [5.74, 6) is 0.664. The molecule has 4 rings (SSSR count). The number of benzene rings is 2. The van der Waals surface area contributed by atoms with Crippen LogP contribution in [0.15, 0.2) is 65.4 Å². The predicted octanol–water partition coefficient (Wildman–Crippen LogP) is 4.63. The van der Waals surface area contributed by atoms with E-state index < -0.39 is 0 Å². The molecule has 0 bridgehead atoms. The molecule has 2 aromatic carbocycles. The Hall–Kier alpha value is -2.93. The van der Waals surface area contributed by atoms with Gasteiger partial charge in [-0.1, -0.05) is 48.5 Å². The first-order valence-electron chi connectivity index (χ1n) is 9.18. The van der Waals surface area contributed by atoms with Crippen LogP contribution in [0.4, 0.5) is 5.82 Å². The van der Waals surface area contributed by atoms with Crippen LogP contribution in [-0.2, 0) is 6.42 Å². The van der Waals surface area contributed by atoms with Crippen molar-refractivity contribution in [2.75, 3.05) is 18.5 Å². The van der Waals surface area contributed by atoms with Crippen molar-refractivity contribution < 1.29 is 4.74 Å². The lowest BCUT2D eigenvalue weighted by Gasteiger charge is -2.10. The number of imidazole rings is 1. The molecule has 0 amide bonds. The quantitative estimate of drug-likeness (QED) is 0.426. The second-order valence-corrected chi connectivity index (χ2v) is 6.90. The molecule has 0 aliphatic carbocycles. The number of aromatic nitrogens is 4. The molecule has 142 valence electrons. The number of nitrogens with zero attached hydrogens (tertiary/aromatic N) is 4. The average Bonchev–Trinajstić information content (AvgIpc) is 3.06. The Morgan fingerprint density at radius 1 is 0.964 bits per heavy atom. The van der Waals surface area contributed by atoms with Crippen LogP contribution in [0.25, 0.3) is 16.9 Å². The van der Waals surface area contributed by atoms with Gasteiger partial charge in [-0.15, -0.1) is 0 Å². The highest BCUT2D eigenvalue weighted by molar-refractivity contribution is 9.10. The third-order valence-corrected chi connectivity index (χ3v) is 4.80. The van der Waals surface area contributed by atoms with Gasteiger partial charge in [-0.2, -0.15) is 9.97 Å². The summed E-state index contributed by atoms with van der Waals surface area (Å²) in [4.78, 5) is 13.8. The highest BCUT2D eigenvalue weighted by Crippen LogP contribution is 2.29. The molecular weight excluding hydrogens is 418 g/mol. The van der Waals surface area contributed by atoms with Gasteiger partial charge in [0.1, 0.15) is 0 Å². The van der Waals surface area contributed by atoms with E-state index in [0.717, 1.165) is 18.7 Å². The summed E-state index contributed by atoms with van der Waals surface area (Å²) in [6.45, 7) is 3.25. The van der Waals surface area contributed by atoms with Crippen LogP contribution in [0.2, 0.25) is 0 Å². The summed E-state index contributed by atoms with van der Waals surface area (Å²) >= 11 is 3.55. The molecule has 0 radical (unpaired) electrons. The fourth-order valence-corrected chi connectivity index (χ4v) is 3.53. The molecule has 2 aromatic heterocycles. The summed E-state index contributed by atoms with van der Waals surface area (Å²) in [5, 5.41) is 3.26. The molecule has 0 atom stereocenters. The van der Waals surface area contributed by atoms with Crippen molar-refractivity contribution in [1.82, 2.24) is 19.5 Å². The van der Waals surface area contributed by atoms with Gasteiger partial charge in [-0.3, -0.25) is 4.57 Å². The number of para-hydroxylation sites is 1.